The second-order valence-corrected chi connectivity index (χ2v) is 5.39. The smallest absolute Gasteiger partial charge is 0.239 e. The number of nitrogens with one attached hydrogen (secondary N) is 1. The van der Waals surface area contributed by atoms with Gasteiger partial charge in [0, 0.05) is 13.2 Å². The van der Waals surface area contributed by atoms with Crippen molar-refractivity contribution in [1.82, 2.24) is 4.98 Å². The molecule has 5 nitrogen and oxygen atoms in total. The lowest BCUT2D eigenvalue weighted by atomic mass is 9.79. The molecule has 1 aromatic heterocycles. The molecule has 0 saturated heterocycles. The first-order valence-electron chi connectivity index (χ1n) is 7.48. The first-order valence-corrected chi connectivity index (χ1v) is 7.48. The highest BCUT2D eigenvalue weighted by molar-refractivity contribution is 5.53. The Balaban J connectivity index is 1.94. The first-order chi connectivity index (χ1) is 9.74. The number of ether oxygens (including phenoxy) is 1. The quantitative estimate of drug-likeness (QED) is 0.744. The van der Waals surface area contributed by atoms with Crippen molar-refractivity contribution in [2.24, 2.45) is 11.8 Å². The highest BCUT2D eigenvalue weighted by Gasteiger charge is 2.24. The number of nitrogens with zero attached hydrogens (tertiary/aromatic N) is 1. The monoisotopic (exact) mass is 279 g/mol. The van der Waals surface area contributed by atoms with Crippen molar-refractivity contribution in [1.29, 1.82) is 0 Å². The van der Waals surface area contributed by atoms with Gasteiger partial charge in [0.1, 0.15) is 5.82 Å². The van der Waals surface area contributed by atoms with Gasteiger partial charge >= 0.3 is 0 Å². The molecule has 20 heavy (non-hydrogen) atoms. The van der Waals surface area contributed by atoms with Gasteiger partial charge in [-0.25, -0.2) is 0 Å². The summed E-state index contributed by atoms with van der Waals surface area (Å²) in [5, 5.41) is 12.8. The van der Waals surface area contributed by atoms with E-state index in [1.54, 1.807) is 0 Å². The molecule has 0 amide bonds. The van der Waals surface area contributed by atoms with Crippen LogP contribution in [0.2, 0.25) is 0 Å². The number of nitrogen functional groups attached to an aromatic ring is 1. The minimum atomic E-state index is 0.283. The van der Waals surface area contributed by atoms with Crippen LogP contribution in [0.4, 0.5) is 11.5 Å². The number of pyridine rings is 1. The lowest BCUT2D eigenvalue weighted by Gasteiger charge is -2.30. The summed E-state index contributed by atoms with van der Waals surface area (Å²) in [7, 11) is 0. The fourth-order valence-corrected chi connectivity index (χ4v) is 2.83. The van der Waals surface area contributed by atoms with E-state index < -0.39 is 0 Å². The third kappa shape index (κ3) is 3.76. The molecule has 5 heteroatoms. The molecule has 0 bridgehead atoms. The van der Waals surface area contributed by atoms with Crippen molar-refractivity contribution >= 4 is 11.5 Å². The molecule has 0 spiro atoms. The van der Waals surface area contributed by atoms with E-state index in [2.05, 4.69) is 10.3 Å². The Labute approximate surface area is 120 Å². The average Bonchev–Trinajstić information content (AvgIpc) is 2.48. The number of anilines is 2. The fourth-order valence-electron chi connectivity index (χ4n) is 2.83. The zero-order chi connectivity index (χ0) is 14.4. The lowest BCUT2D eigenvalue weighted by Crippen LogP contribution is -2.28. The van der Waals surface area contributed by atoms with Gasteiger partial charge in [-0.2, -0.15) is 4.98 Å². The Bertz CT molecular complexity index is 426. The van der Waals surface area contributed by atoms with E-state index in [1.807, 2.05) is 19.1 Å². The first kappa shape index (κ1) is 14.9. The Kier molecular flexibility index (Phi) is 5.47. The van der Waals surface area contributed by atoms with Gasteiger partial charge in [-0.05, 0) is 43.7 Å². The van der Waals surface area contributed by atoms with Crippen molar-refractivity contribution in [3.05, 3.63) is 12.1 Å². The SMILES string of the molecule is CCOc1nc(NCC2CCCCC2CO)ccc1N. The maximum atomic E-state index is 9.43. The zero-order valence-corrected chi connectivity index (χ0v) is 12.1. The number of hydrogen-bond acceptors (Lipinski definition) is 5. The van der Waals surface area contributed by atoms with Crippen LogP contribution in [0.5, 0.6) is 5.88 Å². The van der Waals surface area contributed by atoms with Crippen molar-refractivity contribution in [2.45, 2.75) is 32.6 Å². The molecule has 2 unspecified atom stereocenters. The van der Waals surface area contributed by atoms with Gasteiger partial charge in [0.15, 0.2) is 0 Å². The van der Waals surface area contributed by atoms with Crippen LogP contribution in [-0.4, -0.2) is 29.8 Å². The van der Waals surface area contributed by atoms with Gasteiger partial charge < -0.3 is 20.9 Å². The molecule has 0 aromatic carbocycles. The van der Waals surface area contributed by atoms with E-state index in [-0.39, 0.29) is 6.61 Å². The number of aromatic nitrogens is 1. The molecule has 1 aliphatic carbocycles. The highest BCUT2D eigenvalue weighted by Crippen LogP contribution is 2.30. The fraction of sp³-hybridized carbons (Fsp3) is 0.667. The van der Waals surface area contributed by atoms with E-state index in [4.69, 9.17) is 10.5 Å². The van der Waals surface area contributed by atoms with E-state index in [0.717, 1.165) is 18.8 Å². The Hall–Kier alpha value is -1.49. The second-order valence-electron chi connectivity index (χ2n) is 5.39. The van der Waals surface area contributed by atoms with Crippen LogP contribution in [0, 0.1) is 11.8 Å². The van der Waals surface area contributed by atoms with Crippen molar-refractivity contribution in [2.75, 3.05) is 30.8 Å². The van der Waals surface area contributed by atoms with Gasteiger partial charge in [-0.15, -0.1) is 0 Å². The van der Waals surface area contributed by atoms with E-state index in [1.165, 1.54) is 19.3 Å². The van der Waals surface area contributed by atoms with Crippen LogP contribution in [0.25, 0.3) is 0 Å². The third-order valence-electron chi connectivity index (χ3n) is 4.02. The van der Waals surface area contributed by atoms with Crippen LogP contribution in [0.1, 0.15) is 32.6 Å². The van der Waals surface area contributed by atoms with Crippen LogP contribution in [0.3, 0.4) is 0 Å². The molecule has 4 N–H and O–H groups in total. The summed E-state index contributed by atoms with van der Waals surface area (Å²) in [6, 6.07) is 3.68. The molecular weight excluding hydrogens is 254 g/mol. The molecular formula is C15H25N3O2. The summed E-state index contributed by atoms with van der Waals surface area (Å²) >= 11 is 0. The molecule has 1 heterocycles. The van der Waals surface area contributed by atoms with Crippen molar-refractivity contribution < 1.29 is 9.84 Å². The average molecular weight is 279 g/mol. The van der Waals surface area contributed by atoms with Gasteiger partial charge in [0.2, 0.25) is 5.88 Å². The largest absolute Gasteiger partial charge is 0.476 e. The van der Waals surface area contributed by atoms with Gasteiger partial charge in [0.05, 0.1) is 12.3 Å². The number of hydrogen-bond donors (Lipinski definition) is 3. The molecule has 2 atom stereocenters. The van der Waals surface area contributed by atoms with Gasteiger partial charge in [-0.1, -0.05) is 12.8 Å². The zero-order valence-electron chi connectivity index (χ0n) is 12.1. The molecule has 1 aromatic rings. The van der Waals surface area contributed by atoms with Crippen LogP contribution in [-0.2, 0) is 0 Å². The summed E-state index contributed by atoms with van der Waals surface area (Å²) in [4.78, 5) is 4.38. The molecule has 0 radical (unpaired) electrons. The summed E-state index contributed by atoms with van der Waals surface area (Å²) < 4.78 is 5.40. The van der Waals surface area contributed by atoms with Gasteiger partial charge in [0.25, 0.3) is 0 Å². The normalized spacial score (nSPS) is 22.5. The van der Waals surface area contributed by atoms with Crippen molar-refractivity contribution in [3.8, 4) is 5.88 Å². The Morgan fingerprint density at radius 1 is 1.35 bits per heavy atom. The molecule has 112 valence electrons. The standard InChI is InChI=1S/C15H25N3O2/c1-2-20-15-13(16)7-8-14(18-15)17-9-11-5-3-4-6-12(11)10-19/h7-8,11-12,19H,2-6,9-10,16H2,1H3,(H,17,18). The number of aliphatic hydroxyl groups excluding tert-OH is 1. The van der Waals surface area contributed by atoms with E-state index in [0.29, 0.717) is 30.0 Å². The van der Waals surface area contributed by atoms with E-state index in [9.17, 15) is 5.11 Å². The van der Waals surface area contributed by atoms with Gasteiger partial charge in [-0.3, -0.25) is 0 Å². The third-order valence-corrected chi connectivity index (χ3v) is 4.02. The van der Waals surface area contributed by atoms with Crippen LogP contribution >= 0.6 is 0 Å². The predicted octanol–water partition coefficient (Wildman–Crippen LogP) is 2.27. The van der Waals surface area contributed by atoms with Crippen molar-refractivity contribution in [3.63, 3.8) is 0 Å². The summed E-state index contributed by atoms with van der Waals surface area (Å²) in [6.45, 7) is 3.59. The molecule has 1 aliphatic rings. The second kappa shape index (κ2) is 7.33. The molecule has 2 rings (SSSR count). The Morgan fingerprint density at radius 3 is 2.80 bits per heavy atom. The molecule has 0 aliphatic heterocycles. The molecule has 1 saturated carbocycles. The van der Waals surface area contributed by atoms with Crippen LogP contribution in [0.15, 0.2) is 12.1 Å². The van der Waals surface area contributed by atoms with E-state index >= 15 is 0 Å². The highest BCUT2D eigenvalue weighted by atomic mass is 16.5. The molecule has 1 fully saturated rings. The number of nitrogens with two attached hydrogens (primary N) is 1. The maximum absolute atomic E-state index is 9.43. The summed E-state index contributed by atoms with van der Waals surface area (Å²) in [5.41, 5.74) is 6.37. The maximum Gasteiger partial charge on any atom is 0.239 e. The Morgan fingerprint density at radius 2 is 2.10 bits per heavy atom. The summed E-state index contributed by atoms with van der Waals surface area (Å²) in [6.07, 6.45) is 4.78. The number of aliphatic hydroxyl groups is 1. The van der Waals surface area contributed by atoms with Crippen LogP contribution < -0.4 is 15.8 Å². The minimum absolute atomic E-state index is 0.283. The minimum Gasteiger partial charge on any atom is -0.476 e. The summed E-state index contributed by atoms with van der Waals surface area (Å²) in [5.74, 6) is 2.20. The predicted molar refractivity (Wildman–Crippen MR) is 80.8 cm³/mol. The topological polar surface area (TPSA) is 80.4 Å². The number of rotatable bonds is 6. The lowest BCUT2D eigenvalue weighted by molar-refractivity contribution is 0.141.